The lowest BCUT2D eigenvalue weighted by Crippen LogP contribution is -2.21. The van der Waals surface area contributed by atoms with Gasteiger partial charge in [0.2, 0.25) is 5.82 Å². The van der Waals surface area contributed by atoms with E-state index in [-0.39, 0.29) is 35.2 Å². The highest BCUT2D eigenvalue weighted by Crippen LogP contribution is 2.29. The lowest BCUT2D eigenvalue weighted by Gasteiger charge is -2.10. The van der Waals surface area contributed by atoms with E-state index in [1.165, 1.54) is 24.4 Å². The molecule has 2 aromatic heterocycles. The van der Waals surface area contributed by atoms with Crippen LogP contribution in [0.5, 0.6) is 5.75 Å². The van der Waals surface area contributed by atoms with E-state index in [2.05, 4.69) is 15.4 Å². The van der Waals surface area contributed by atoms with Crippen molar-refractivity contribution in [2.75, 3.05) is 11.9 Å². The van der Waals surface area contributed by atoms with Gasteiger partial charge in [-0.3, -0.25) is 19.7 Å². The van der Waals surface area contributed by atoms with E-state index >= 15 is 0 Å². The van der Waals surface area contributed by atoms with Gasteiger partial charge in [0.1, 0.15) is 11.3 Å². The summed E-state index contributed by atoms with van der Waals surface area (Å²) in [5.74, 6) is 0.0572. The molecule has 0 aliphatic rings. The summed E-state index contributed by atoms with van der Waals surface area (Å²) < 4.78 is 12.7. The van der Waals surface area contributed by atoms with Crippen molar-refractivity contribution >= 4 is 57.0 Å². The summed E-state index contributed by atoms with van der Waals surface area (Å²) >= 11 is 6.14. The molecular weight excluding hydrogens is 574 g/mol. The van der Waals surface area contributed by atoms with Crippen molar-refractivity contribution in [3.8, 4) is 17.3 Å². The third kappa shape index (κ3) is 5.83. The number of aromatic nitrogens is 2. The molecule has 0 atom stereocenters. The van der Waals surface area contributed by atoms with Crippen LogP contribution in [0.2, 0.25) is 5.02 Å². The number of nitro groups is 1. The number of rotatable bonds is 8. The first-order chi connectivity index (χ1) is 20.9. The normalized spacial score (nSPS) is 11.3. The molecule has 12 heteroatoms. The zero-order chi connectivity index (χ0) is 29.9. The average Bonchev–Trinajstić information content (AvgIpc) is 3.43. The van der Waals surface area contributed by atoms with Crippen molar-refractivity contribution in [1.82, 2.24) is 9.66 Å². The largest absolute Gasteiger partial charge is 0.483 e. The SMILES string of the molecule is O=C(COc1ccc([N+](=O)[O-])cc1C=Nn1c(-c2cc3cc(Cl)ccc3o2)nc2ccccc2c1=O)Nc1ccccc1. The molecule has 0 radical (unpaired) electrons. The van der Waals surface area contributed by atoms with E-state index in [1.807, 2.05) is 6.07 Å². The minimum atomic E-state index is -0.571. The second-order valence-corrected chi connectivity index (χ2v) is 9.73. The molecule has 1 N–H and O–H groups in total. The average molecular weight is 594 g/mol. The highest BCUT2D eigenvalue weighted by atomic mass is 35.5. The van der Waals surface area contributed by atoms with Gasteiger partial charge in [-0.2, -0.15) is 9.78 Å². The molecule has 0 aliphatic heterocycles. The Balaban J connectivity index is 1.40. The molecule has 4 aromatic carbocycles. The Labute approximate surface area is 247 Å². The van der Waals surface area contributed by atoms with Crippen molar-refractivity contribution in [3.05, 3.63) is 128 Å². The molecule has 6 rings (SSSR count). The van der Waals surface area contributed by atoms with Gasteiger partial charge in [-0.25, -0.2) is 4.98 Å². The Morgan fingerprint density at radius 3 is 2.65 bits per heavy atom. The number of nitrogens with one attached hydrogen (secondary N) is 1. The number of hydrogen-bond donors (Lipinski definition) is 1. The number of halogens is 1. The molecule has 2 heterocycles. The van der Waals surface area contributed by atoms with Crippen LogP contribution in [0.25, 0.3) is 33.5 Å². The molecule has 0 unspecified atom stereocenters. The summed E-state index contributed by atoms with van der Waals surface area (Å²) in [6.45, 7) is -0.377. The Bertz CT molecular complexity index is 2110. The minimum absolute atomic E-state index is 0.0995. The summed E-state index contributed by atoms with van der Waals surface area (Å²) in [7, 11) is 0. The standard InChI is InChI=1S/C31H20ClN5O6/c32-21-10-12-27-19(14-21)16-28(43-27)30-35-25-9-5-4-8-24(25)31(39)36(30)33-17-20-15-23(37(40)41)11-13-26(20)42-18-29(38)34-22-6-2-1-3-7-22/h1-17H,18H2,(H,34,38). The van der Waals surface area contributed by atoms with Gasteiger partial charge in [-0.1, -0.05) is 41.9 Å². The molecule has 6 aromatic rings. The van der Waals surface area contributed by atoms with E-state index in [1.54, 1.807) is 72.8 Å². The number of hydrogen-bond acceptors (Lipinski definition) is 8. The van der Waals surface area contributed by atoms with E-state index in [0.29, 0.717) is 32.6 Å². The predicted molar refractivity (Wildman–Crippen MR) is 163 cm³/mol. The van der Waals surface area contributed by atoms with Gasteiger partial charge in [-0.15, -0.1) is 0 Å². The van der Waals surface area contributed by atoms with Gasteiger partial charge >= 0.3 is 0 Å². The van der Waals surface area contributed by atoms with Crippen molar-refractivity contribution < 1.29 is 18.9 Å². The Morgan fingerprint density at radius 1 is 1.05 bits per heavy atom. The number of benzene rings is 4. The summed E-state index contributed by atoms with van der Waals surface area (Å²) in [4.78, 5) is 41.7. The number of ether oxygens (including phenoxy) is 1. The van der Waals surface area contributed by atoms with E-state index in [0.717, 1.165) is 4.68 Å². The van der Waals surface area contributed by atoms with Crippen molar-refractivity contribution in [3.63, 3.8) is 0 Å². The smallest absolute Gasteiger partial charge is 0.282 e. The van der Waals surface area contributed by atoms with E-state index in [9.17, 15) is 19.7 Å². The van der Waals surface area contributed by atoms with Gasteiger partial charge < -0.3 is 14.5 Å². The zero-order valence-corrected chi connectivity index (χ0v) is 22.9. The predicted octanol–water partition coefficient (Wildman–Crippen LogP) is 6.27. The molecule has 0 bridgehead atoms. The lowest BCUT2D eigenvalue weighted by atomic mass is 10.2. The maximum absolute atomic E-state index is 13.6. The number of fused-ring (bicyclic) bond motifs is 2. The van der Waals surface area contributed by atoms with Gasteiger partial charge in [0.15, 0.2) is 12.4 Å². The molecule has 1 amide bonds. The fraction of sp³-hybridized carbons (Fsp3) is 0.0323. The van der Waals surface area contributed by atoms with E-state index in [4.69, 9.17) is 20.8 Å². The number of non-ortho nitro benzene ring substituents is 1. The van der Waals surface area contributed by atoms with Gasteiger partial charge in [0.05, 0.1) is 22.0 Å². The summed E-state index contributed by atoms with van der Waals surface area (Å²) in [6, 6.07) is 26.2. The van der Waals surface area contributed by atoms with Crippen LogP contribution in [0.3, 0.4) is 0 Å². The molecule has 0 spiro atoms. The number of nitro benzene ring substituents is 1. The van der Waals surface area contributed by atoms with E-state index < -0.39 is 16.4 Å². The molecule has 0 saturated carbocycles. The van der Waals surface area contributed by atoms with Crippen LogP contribution < -0.4 is 15.6 Å². The fourth-order valence-electron chi connectivity index (χ4n) is 4.38. The first kappa shape index (κ1) is 27.4. The highest BCUT2D eigenvalue weighted by molar-refractivity contribution is 6.31. The van der Waals surface area contributed by atoms with Gasteiger partial charge in [-0.05, 0) is 54.6 Å². The summed E-state index contributed by atoms with van der Waals surface area (Å²) in [6.07, 6.45) is 1.23. The van der Waals surface area contributed by atoms with Crippen molar-refractivity contribution in [2.24, 2.45) is 5.10 Å². The molecular formula is C31H20ClN5O6. The second kappa shape index (κ2) is 11.6. The summed E-state index contributed by atoms with van der Waals surface area (Å²) in [5.41, 5.74) is 0.970. The monoisotopic (exact) mass is 593 g/mol. The maximum atomic E-state index is 13.6. The lowest BCUT2D eigenvalue weighted by molar-refractivity contribution is -0.384. The first-order valence-electron chi connectivity index (χ1n) is 12.9. The van der Waals surface area contributed by atoms with Crippen LogP contribution in [0, 0.1) is 10.1 Å². The number of anilines is 1. The van der Waals surface area contributed by atoms with Crippen LogP contribution in [0.1, 0.15) is 5.56 Å². The minimum Gasteiger partial charge on any atom is -0.483 e. The Morgan fingerprint density at radius 2 is 1.84 bits per heavy atom. The van der Waals surface area contributed by atoms with Crippen molar-refractivity contribution in [2.45, 2.75) is 0 Å². The van der Waals surface area contributed by atoms with Gasteiger partial charge in [0, 0.05) is 33.8 Å². The topological polar surface area (TPSA) is 142 Å². The molecule has 212 valence electrons. The molecule has 0 aliphatic carbocycles. The number of amides is 1. The first-order valence-corrected chi connectivity index (χ1v) is 13.3. The zero-order valence-electron chi connectivity index (χ0n) is 22.1. The van der Waals surface area contributed by atoms with Gasteiger partial charge in [0.25, 0.3) is 17.2 Å². The Hall–Kier alpha value is -5.81. The quantitative estimate of drug-likeness (QED) is 0.124. The Kier molecular flexibility index (Phi) is 7.37. The third-order valence-corrected chi connectivity index (χ3v) is 6.62. The van der Waals surface area contributed by atoms with Crippen LogP contribution >= 0.6 is 11.6 Å². The van der Waals surface area contributed by atoms with Crippen LogP contribution in [0.15, 0.2) is 111 Å². The molecule has 11 nitrogen and oxygen atoms in total. The number of para-hydroxylation sites is 2. The summed E-state index contributed by atoms with van der Waals surface area (Å²) in [5, 5.41) is 20.1. The number of carbonyl (C=O) groups is 1. The number of furan rings is 1. The second-order valence-electron chi connectivity index (χ2n) is 9.29. The number of carbonyl (C=O) groups excluding carboxylic acids is 1. The fourth-order valence-corrected chi connectivity index (χ4v) is 4.56. The molecule has 0 saturated heterocycles. The molecule has 0 fully saturated rings. The van der Waals surface area contributed by atoms with Crippen molar-refractivity contribution in [1.29, 1.82) is 0 Å². The third-order valence-electron chi connectivity index (χ3n) is 6.39. The molecule has 43 heavy (non-hydrogen) atoms. The number of nitrogens with zero attached hydrogens (tertiary/aromatic N) is 4. The maximum Gasteiger partial charge on any atom is 0.282 e. The van der Waals surface area contributed by atoms with Crippen LogP contribution in [-0.2, 0) is 4.79 Å². The van der Waals surface area contributed by atoms with Crippen LogP contribution in [-0.4, -0.2) is 33.3 Å². The highest BCUT2D eigenvalue weighted by Gasteiger charge is 2.18. The van der Waals surface area contributed by atoms with Crippen LogP contribution in [0.4, 0.5) is 11.4 Å².